The maximum Gasteiger partial charge on any atom is 0.227 e. The van der Waals surface area contributed by atoms with Crippen LogP contribution in [0.5, 0.6) is 0 Å². The van der Waals surface area contributed by atoms with Gasteiger partial charge in [0.2, 0.25) is 11.8 Å². The van der Waals surface area contributed by atoms with Gasteiger partial charge >= 0.3 is 0 Å². The van der Waals surface area contributed by atoms with Gasteiger partial charge < -0.3 is 14.6 Å². The molecule has 1 aliphatic rings. The van der Waals surface area contributed by atoms with Gasteiger partial charge in [0, 0.05) is 37.7 Å². The molecule has 0 bridgehead atoms. The minimum absolute atomic E-state index is 0.0136. The summed E-state index contributed by atoms with van der Waals surface area (Å²) in [4.78, 5) is 35.0. The number of aromatic nitrogens is 2. The zero-order valence-corrected chi connectivity index (χ0v) is 17.8. The molecule has 0 atom stereocenters. The summed E-state index contributed by atoms with van der Waals surface area (Å²) in [6, 6.07) is 11.9. The van der Waals surface area contributed by atoms with Crippen LogP contribution in [0.4, 0.5) is 0 Å². The topological polar surface area (TPSA) is 88.3 Å². The van der Waals surface area contributed by atoms with Crippen LogP contribution in [-0.2, 0) is 22.6 Å². The van der Waals surface area contributed by atoms with Gasteiger partial charge in [-0.05, 0) is 25.5 Å². The second-order valence-corrected chi connectivity index (χ2v) is 7.96. The Hall–Kier alpha value is -3.48. The molecule has 2 aromatic heterocycles. The molecule has 0 radical (unpaired) electrons. The third kappa shape index (κ3) is 4.99. The number of carbonyl (C=O) groups excluding carboxylic acids is 2. The van der Waals surface area contributed by atoms with Crippen LogP contribution in [0.2, 0.25) is 0 Å². The van der Waals surface area contributed by atoms with Gasteiger partial charge in [0.05, 0.1) is 24.4 Å². The highest BCUT2D eigenvalue weighted by atomic mass is 16.4. The number of nitrogens with zero attached hydrogens (tertiary/aromatic N) is 3. The highest BCUT2D eigenvalue weighted by Gasteiger charge is 2.35. The molecule has 1 aliphatic heterocycles. The number of likely N-dealkylation sites (tertiary alicyclic amines) is 1. The average Bonchev–Trinajstić information content (AvgIpc) is 3.20. The summed E-state index contributed by atoms with van der Waals surface area (Å²) in [5.74, 6) is 1.06. The molecule has 31 heavy (non-hydrogen) atoms. The zero-order valence-electron chi connectivity index (χ0n) is 17.8. The molecular weight excluding hydrogens is 392 g/mol. The van der Waals surface area contributed by atoms with Crippen LogP contribution < -0.4 is 5.32 Å². The molecule has 4 rings (SSSR count). The Morgan fingerprint density at radius 2 is 1.90 bits per heavy atom. The van der Waals surface area contributed by atoms with Crippen molar-refractivity contribution in [3.05, 3.63) is 71.5 Å². The fraction of sp³-hybridized carbons (Fsp3) is 0.333. The molecule has 1 aromatic carbocycles. The van der Waals surface area contributed by atoms with E-state index in [0.29, 0.717) is 44.1 Å². The van der Waals surface area contributed by atoms with Crippen molar-refractivity contribution in [3.63, 3.8) is 0 Å². The number of oxazole rings is 1. The van der Waals surface area contributed by atoms with E-state index in [9.17, 15) is 9.59 Å². The molecular formula is C24H26N4O3. The molecule has 3 heterocycles. The fourth-order valence-corrected chi connectivity index (χ4v) is 3.52. The summed E-state index contributed by atoms with van der Waals surface area (Å²) in [5, 5.41) is 2.92. The molecule has 1 fully saturated rings. The van der Waals surface area contributed by atoms with Crippen LogP contribution in [0.1, 0.15) is 29.1 Å². The van der Waals surface area contributed by atoms with Gasteiger partial charge in [0.25, 0.3) is 0 Å². The molecule has 1 N–H and O–H groups in total. The Morgan fingerprint density at radius 1 is 1.13 bits per heavy atom. The molecule has 7 nitrogen and oxygen atoms in total. The highest BCUT2D eigenvalue weighted by Crippen LogP contribution is 2.22. The molecule has 0 unspecified atom stereocenters. The monoisotopic (exact) mass is 418 g/mol. The lowest BCUT2D eigenvalue weighted by Crippen LogP contribution is -2.55. The van der Waals surface area contributed by atoms with Crippen molar-refractivity contribution < 1.29 is 14.0 Å². The third-order valence-corrected chi connectivity index (χ3v) is 5.60. The van der Waals surface area contributed by atoms with E-state index in [1.165, 1.54) is 5.56 Å². The first kappa shape index (κ1) is 20.8. The van der Waals surface area contributed by atoms with E-state index in [1.54, 1.807) is 17.3 Å². The lowest BCUT2D eigenvalue weighted by atomic mass is 9.98. The van der Waals surface area contributed by atoms with E-state index < -0.39 is 0 Å². The fourth-order valence-electron chi connectivity index (χ4n) is 3.52. The van der Waals surface area contributed by atoms with Crippen LogP contribution >= 0.6 is 0 Å². The van der Waals surface area contributed by atoms with Crippen molar-refractivity contribution in [3.8, 4) is 11.3 Å². The molecule has 2 amide bonds. The van der Waals surface area contributed by atoms with E-state index >= 15 is 0 Å². The lowest BCUT2D eigenvalue weighted by molar-refractivity contribution is -0.143. The summed E-state index contributed by atoms with van der Waals surface area (Å²) >= 11 is 0. The summed E-state index contributed by atoms with van der Waals surface area (Å²) in [6.07, 6.45) is 4.17. The normalized spacial score (nSPS) is 13.7. The maximum atomic E-state index is 12.4. The van der Waals surface area contributed by atoms with Crippen molar-refractivity contribution in [1.29, 1.82) is 0 Å². The molecule has 7 heteroatoms. The van der Waals surface area contributed by atoms with Crippen molar-refractivity contribution in [2.75, 3.05) is 13.1 Å². The smallest absolute Gasteiger partial charge is 0.227 e. The Bertz CT molecular complexity index is 1070. The van der Waals surface area contributed by atoms with Crippen molar-refractivity contribution in [1.82, 2.24) is 20.2 Å². The SMILES string of the molecule is Cc1ccc(-c2cnc(CCC(=O)N3CC(C(=O)NCc4ncccc4C)C3)o2)cc1. The number of pyridine rings is 1. The molecule has 160 valence electrons. The summed E-state index contributed by atoms with van der Waals surface area (Å²) in [6.45, 7) is 5.31. The van der Waals surface area contributed by atoms with E-state index in [-0.39, 0.29) is 17.7 Å². The van der Waals surface area contributed by atoms with E-state index in [0.717, 1.165) is 16.8 Å². The Kier molecular flexibility index (Phi) is 6.11. The molecule has 0 aliphatic carbocycles. The van der Waals surface area contributed by atoms with Gasteiger partial charge in [-0.3, -0.25) is 14.6 Å². The van der Waals surface area contributed by atoms with Crippen LogP contribution in [0.25, 0.3) is 11.3 Å². The number of rotatable bonds is 7. The second kappa shape index (κ2) is 9.12. The number of hydrogen-bond acceptors (Lipinski definition) is 5. The zero-order chi connectivity index (χ0) is 21.8. The number of nitrogens with one attached hydrogen (secondary N) is 1. The van der Waals surface area contributed by atoms with Crippen LogP contribution in [-0.4, -0.2) is 39.8 Å². The summed E-state index contributed by atoms with van der Waals surface area (Å²) in [7, 11) is 0. The highest BCUT2D eigenvalue weighted by molar-refractivity contribution is 5.84. The molecule has 1 saturated heterocycles. The molecule has 0 spiro atoms. The quantitative estimate of drug-likeness (QED) is 0.637. The van der Waals surface area contributed by atoms with E-state index in [2.05, 4.69) is 15.3 Å². The Balaban J connectivity index is 1.20. The number of carbonyl (C=O) groups is 2. The number of benzene rings is 1. The van der Waals surface area contributed by atoms with Crippen molar-refractivity contribution >= 4 is 11.8 Å². The van der Waals surface area contributed by atoms with Crippen molar-refractivity contribution in [2.45, 2.75) is 33.2 Å². The molecule has 0 saturated carbocycles. The predicted octanol–water partition coefficient (Wildman–Crippen LogP) is 3.06. The Morgan fingerprint density at radius 3 is 2.65 bits per heavy atom. The summed E-state index contributed by atoms with van der Waals surface area (Å²) in [5.41, 5.74) is 4.06. The standard InChI is InChI=1S/C24H26N4O3/c1-16-5-7-18(8-6-16)21-13-26-22(31-21)9-10-23(29)28-14-19(15-28)24(30)27-12-20-17(2)4-3-11-25-20/h3-8,11,13,19H,9-10,12,14-15H2,1-2H3,(H,27,30). The third-order valence-electron chi connectivity index (χ3n) is 5.60. The van der Waals surface area contributed by atoms with Crippen molar-refractivity contribution in [2.24, 2.45) is 5.92 Å². The van der Waals surface area contributed by atoms with Gasteiger partial charge in [-0.1, -0.05) is 35.9 Å². The van der Waals surface area contributed by atoms with Crippen LogP contribution in [0.3, 0.4) is 0 Å². The second-order valence-electron chi connectivity index (χ2n) is 7.96. The minimum atomic E-state index is -0.164. The number of amides is 2. The van der Waals surface area contributed by atoms with Gasteiger partial charge in [-0.15, -0.1) is 0 Å². The van der Waals surface area contributed by atoms with E-state index in [4.69, 9.17) is 4.42 Å². The lowest BCUT2D eigenvalue weighted by Gasteiger charge is -2.38. The van der Waals surface area contributed by atoms with Gasteiger partial charge in [-0.25, -0.2) is 4.98 Å². The maximum absolute atomic E-state index is 12.4. The van der Waals surface area contributed by atoms with Crippen LogP contribution in [0, 0.1) is 19.8 Å². The van der Waals surface area contributed by atoms with Gasteiger partial charge in [0.1, 0.15) is 0 Å². The first-order valence-corrected chi connectivity index (χ1v) is 10.5. The summed E-state index contributed by atoms with van der Waals surface area (Å²) < 4.78 is 5.78. The van der Waals surface area contributed by atoms with Crippen LogP contribution in [0.15, 0.2) is 53.2 Å². The van der Waals surface area contributed by atoms with Gasteiger partial charge in [-0.2, -0.15) is 0 Å². The first-order valence-electron chi connectivity index (χ1n) is 10.5. The minimum Gasteiger partial charge on any atom is -0.441 e. The molecule has 3 aromatic rings. The average molecular weight is 418 g/mol. The number of aryl methyl sites for hydroxylation is 3. The largest absolute Gasteiger partial charge is 0.441 e. The van der Waals surface area contributed by atoms with E-state index in [1.807, 2.05) is 50.2 Å². The predicted molar refractivity (Wildman–Crippen MR) is 116 cm³/mol. The first-order chi connectivity index (χ1) is 15.0. The number of hydrogen-bond donors (Lipinski definition) is 1. The van der Waals surface area contributed by atoms with Gasteiger partial charge in [0.15, 0.2) is 11.7 Å². The Labute approximate surface area is 181 Å².